The molecule has 0 radical (unpaired) electrons. The summed E-state index contributed by atoms with van der Waals surface area (Å²) >= 11 is 0. The zero-order valence-electron chi connectivity index (χ0n) is 15.0. The van der Waals surface area contributed by atoms with E-state index >= 15 is 0 Å². The van der Waals surface area contributed by atoms with Crippen LogP contribution >= 0.6 is 0 Å². The van der Waals surface area contributed by atoms with E-state index in [0.717, 1.165) is 42.7 Å². The standard InChI is InChI=1S/C19H26N2O4/c1-3-4-10-20(19(23)16-8-6-11-21(16)14(2)22)12-15-7-5-9-17-18(15)25-13-24-17/h5,7,9,16H,3-4,6,8,10-13H2,1-2H3. The number of carbonyl (C=O) groups excluding carboxylic acids is 2. The summed E-state index contributed by atoms with van der Waals surface area (Å²) in [5.41, 5.74) is 0.951. The molecule has 3 rings (SSSR count). The highest BCUT2D eigenvalue weighted by Gasteiger charge is 2.35. The van der Waals surface area contributed by atoms with Gasteiger partial charge in [-0.3, -0.25) is 9.59 Å². The summed E-state index contributed by atoms with van der Waals surface area (Å²) in [6.07, 6.45) is 3.57. The van der Waals surface area contributed by atoms with E-state index in [1.807, 2.05) is 23.1 Å². The van der Waals surface area contributed by atoms with Crippen LogP contribution in [0, 0.1) is 0 Å². The number of nitrogens with zero attached hydrogens (tertiary/aromatic N) is 2. The molecular formula is C19H26N2O4. The molecule has 0 bridgehead atoms. The van der Waals surface area contributed by atoms with E-state index in [0.29, 0.717) is 19.6 Å². The summed E-state index contributed by atoms with van der Waals surface area (Å²) < 4.78 is 11.0. The fourth-order valence-corrected chi connectivity index (χ4v) is 3.55. The molecule has 1 fully saturated rings. The SMILES string of the molecule is CCCCN(Cc1cccc2c1OCO2)C(=O)C1CCCN1C(C)=O. The largest absolute Gasteiger partial charge is 0.454 e. The molecule has 2 aliphatic rings. The number of unbranched alkanes of at least 4 members (excludes halogenated alkanes) is 1. The van der Waals surface area contributed by atoms with E-state index in [-0.39, 0.29) is 24.6 Å². The number of carbonyl (C=O) groups is 2. The molecule has 1 saturated heterocycles. The first-order chi connectivity index (χ1) is 12.1. The highest BCUT2D eigenvalue weighted by atomic mass is 16.7. The Bertz CT molecular complexity index is 646. The van der Waals surface area contributed by atoms with Gasteiger partial charge in [-0.1, -0.05) is 25.5 Å². The summed E-state index contributed by atoms with van der Waals surface area (Å²) in [6, 6.07) is 5.43. The molecular weight excluding hydrogens is 320 g/mol. The van der Waals surface area contributed by atoms with Crippen LogP contribution in [0.5, 0.6) is 11.5 Å². The van der Waals surface area contributed by atoms with Crippen molar-refractivity contribution in [1.82, 2.24) is 9.80 Å². The first-order valence-corrected chi connectivity index (χ1v) is 9.05. The zero-order chi connectivity index (χ0) is 17.8. The van der Waals surface area contributed by atoms with E-state index in [1.54, 1.807) is 4.90 Å². The van der Waals surface area contributed by atoms with Crippen molar-refractivity contribution < 1.29 is 19.1 Å². The molecule has 0 aromatic heterocycles. The van der Waals surface area contributed by atoms with Crippen molar-refractivity contribution in [2.75, 3.05) is 19.9 Å². The maximum atomic E-state index is 13.1. The van der Waals surface area contributed by atoms with Crippen LogP contribution in [0.25, 0.3) is 0 Å². The van der Waals surface area contributed by atoms with Crippen LogP contribution in [-0.4, -0.2) is 47.5 Å². The Labute approximate surface area is 148 Å². The normalized spacial score (nSPS) is 18.5. The van der Waals surface area contributed by atoms with E-state index in [2.05, 4.69) is 6.92 Å². The number of amides is 2. The Morgan fingerprint density at radius 2 is 2.16 bits per heavy atom. The predicted octanol–water partition coefficient (Wildman–Crippen LogP) is 2.55. The smallest absolute Gasteiger partial charge is 0.245 e. The second kappa shape index (κ2) is 7.76. The number of fused-ring (bicyclic) bond motifs is 1. The molecule has 0 saturated carbocycles. The van der Waals surface area contributed by atoms with Crippen molar-refractivity contribution in [3.05, 3.63) is 23.8 Å². The lowest BCUT2D eigenvalue weighted by Crippen LogP contribution is -2.47. The van der Waals surface area contributed by atoms with Crippen LogP contribution in [0.4, 0.5) is 0 Å². The van der Waals surface area contributed by atoms with Gasteiger partial charge in [-0.25, -0.2) is 0 Å². The second-order valence-corrected chi connectivity index (χ2v) is 6.63. The van der Waals surface area contributed by atoms with Crippen molar-refractivity contribution in [1.29, 1.82) is 0 Å². The topological polar surface area (TPSA) is 59.1 Å². The Kier molecular flexibility index (Phi) is 5.46. The fourth-order valence-electron chi connectivity index (χ4n) is 3.55. The quantitative estimate of drug-likeness (QED) is 0.794. The number of likely N-dealkylation sites (tertiary alicyclic amines) is 1. The van der Waals surface area contributed by atoms with Crippen LogP contribution in [0.1, 0.15) is 45.1 Å². The van der Waals surface area contributed by atoms with Gasteiger partial charge in [-0.15, -0.1) is 0 Å². The van der Waals surface area contributed by atoms with Gasteiger partial charge in [0, 0.05) is 32.1 Å². The minimum absolute atomic E-state index is 0.0244. The molecule has 1 aromatic rings. The number of hydrogen-bond donors (Lipinski definition) is 0. The molecule has 2 aliphatic heterocycles. The average molecular weight is 346 g/mol. The molecule has 0 N–H and O–H groups in total. The first kappa shape index (κ1) is 17.6. The van der Waals surface area contributed by atoms with Gasteiger partial charge in [0.05, 0.1) is 0 Å². The van der Waals surface area contributed by atoms with Gasteiger partial charge in [0.2, 0.25) is 18.6 Å². The van der Waals surface area contributed by atoms with Gasteiger partial charge in [-0.2, -0.15) is 0 Å². The maximum absolute atomic E-state index is 13.1. The minimum atomic E-state index is -0.330. The van der Waals surface area contributed by atoms with Crippen LogP contribution in [0.3, 0.4) is 0 Å². The van der Waals surface area contributed by atoms with Gasteiger partial charge in [0.1, 0.15) is 6.04 Å². The number of benzene rings is 1. The molecule has 0 aliphatic carbocycles. The van der Waals surface area contributed by atoms with Crippen LogP contribution in [0.2, 0.25) is 0 Å². The minimum Gasteiger partial charge on any atom is -0.454 e. The Hall–Kier alpha value is -2.24. The van der Waals surface area contributed by atoms with Crippen molar-refractivity contribution in [3.63, 3.8) is 0 Å². The Morgan fingerprint density at radius 3 is 2.92 bits per heavy atom. The highest BCUT2D eigenvalue weighted by Crippen LogP contribution is 2.36. The van der Waals surface area contributed by atoms with Gasteiger partial charge < -0.3 is 19.3 Å². The molecule has 0 spiro atoms. The molecule has 1 aromatic carbocycles. The van der Waals surface area contributed by atoms with Crippen LogP contribution in [0.15, 0.2) is 18.2 Å². The third kappa shape index (κ3) is 3.72. The van der Waals surface area contributed by atoms with Gasteiger partial charge in [0.15, 0.2) is 11.5 Å². The van der Waals surface area contributed by atoms with Gasteiger partial charge in [-0.05, 0) is 25.3 Å². The zero-order valence-corrected chi connectivity index (χ0v) is 15.0. The molecule has 1 unspecified atom stereocenters. The molecule has 25 heavy (non-hydrogen) atoms. The number of para-hydroxylation sites is 1. The van der Waals surface area contributed by atoms with E-state index in [4.69, 9.17) is 9.47 Å². The van der Waals surface area contributed by atoms with E-state index in [1.165, 1.54) is 6.92 Å². The molecule has 2 heterocycles. The van der Waals surface area contributed by atoms with Crippen molar-refractivity contribution >= 4 is 11.8 Å². The van der Waals surface area contributed by atoms with Gasteiger partial charge in [0.25, 0.3) is 0 Å². The molecule has 2 amide bonds. The number of ether oxygens (including phenoxy) is 2. The Balaban J connectivity index is 1.79. The van der Waals surface area contributed by atoms with Crippen molar-refractivity contribution in [3.8, 4) is 11.5 Å². The summed E-state index contributed by atoms with van der Waals surface area (Å²) in [5, 5.41) is 0. The summed E-state index contributed by atoms with van der Waals surface area (Å²) in [5.74, 6) is 1.47. The lowest BCUT2D eigenvalue weighted by Gasteiger charge is -2.30. The average Bonchev–Trinajstić information content (AvgIpc) is 3.26. The van der Waals surface area contributed by atoms with Crippen LogP contribution < -0.4 is 9.47 Å². The molecule has 136 valence electrons. The molecule has 1 atom stereocenters. The van der Waals surface area contributed by atoms with Crippen molar-refractivity contribution in [2.24, 2.45) is 0 Å². The van der Waals surface area contributed by atoms with Crippen molar-refractivity contribution in [2.45, 2.75) is 52.1 Å². The molecule has 6 nitrogen and oxygen atoms in total. The first-order valence-electron chi connectivity index (χ1n) is 9.05. The highest BCUT2D eigenvalue weighted by molar-refractivity contribution is 5.87. The lowest BCUT2D eigenvalue weighted by atomic mass is 10.1. The van der Waals surface area contributed by atoms with E-state index < -0.39 is 0 Å². The van der Waals surface area contributed by atoms with Crippen LogP contribution in [-0.2, 0) is 16.1 Å². The lowest BCUT2D eigenvalue weighted by molar-refractivity contribution is -0.143. The third-order valence-corrected chi connectivity index (χ3v) is 4.87. The van der Waals surface area contributed by atoms with E-state index in [9.17, 15) is 9.59 Å². The summed E-state index contributed by atoms with van der Waals surface area (Å²) in [4.78, 5) is 28.5. The predicted molar refractivity (Wildman–Crippen MR) is 93.3 cm³/mol. The summed E-state index contributed by atoms with van der Waals surface area (Å²) in [6.45, 7) is 5.70. The second-order valence-electron chi connectivity index (χ2n) is 6.63. The number of hydrogen-bond acceptors (Lipinski definition) is 4. The van der Waals surface area contributed by atoms with Gasteiger partial charge >= 0.3 is 0 Å². The monoisotopic (exact) mass is 346 g/mol. The Morgan fingerprint density at radius 1 is 1.32 bits per heavy atom. The molecule has 6 heteroatoms. The fraction of sp³-hybridized carbons (Fsp3) is 0.579. The maximum Gasteiger partial charge on any atom is 0.245 e. The summed E-state index contributed by atoms with van der Waals surface area (Å²) in [7, 11) is 0. The number of rotatable bonds is 6. The third-order valence-electron chi connectivity index (χ3n) is 4.87.